The molecule has 1 unspecified atom stereocenters. The fourth-order valence-electron chi connectivity index (χ4n) is 1.18. The first-order valence-corrected chi connectivity index (χ1v) is 5.11. The van der Waals surface area contributed by atoms with E-state index in [2.05, 4.69) is 39.8 Å². The molecule has 2 nitrogen and oxygen atoms in total. The predicted molar refractivity (Wildman–Crippen MR) is 60.1 cm³/mol. The van der Waals surface area contributed by atoms with E-state index in [1.165, 1.54) is 5.69 Å². The first kappa shape index (κ1) is 8.04. The minimum Gasteiger partial charge on any atom is -0.264 e. The highest BCUT2D eigenvalue weighted by atomic mass is 127. The molecule has 0 aromatic heterocycles. The van der Waals surface area contributed by atoms with E-state index >= 15 is 0 Å². The number of halogens is 1. The van der Waals surface area contributed by atoms with Gasteiger partial charge in [-0.25, -0.2) is 0 Å². The third-order valence-electron chi connectivity index (χ3n) is 1.77. The largest absolute Gasteiger partial charge is 0.264 e. The van der Waals surface area contributed by atoms with Crippen LogP contribution in [0, 0.1) is 0 Å². The van der Waals surface area contributed by atoms with Crippen LogP contribution in [0.1, 0.15) is 0 Å². The zero-order chi connectivity index (χ0) is 8.39. The van der Waals surface area contributed by atoms with Crippen LogP contribution in [0.5, 0.6) is 0 Å². The first-order chi connectivity index (χ1) is 5.86. The summed E-state index contributed by atoms with van der Waals surface area (Å²) in [5.41, 5.74) is 1.17. The van der Waals surface area contributed by atoms with Gasteiger partial charge in [0.25, 0.3) is 0 Å². The van der Waals surface area contributed by atoms with Gasteiger partial charge in [0.2, 0.25) is 0 Å². The van der Waals surface area contributed by atoms with Gasteiger partial charge in [0, 0.05) is 6.21 Å². The Kier molecular flexibility index (Phi) is 2.30. The van der Waals surface area contributed by atoms with E-state index in [-0.39, 0.29) is 0 Å². The third kappa shape index (κ3) is 1.60. The molecule has 0 fully saturated rings. The van der Waals surface area contributed by atoms with E-state index < -0.39 is 0 Å². The highest BCUT2D eigenvalue weighted by Crippen LogP contribution is 2.18. The number of hydrogen-bond donors (Lipinski definition) is 0. The number of benzene rings is 1. The molecule has 0 aliphatic carbocycles. The zero-order valence-electron chi connectivity index (χ0n) is 6.52. The summed E-state index contributed by atoms with van der Waals surface area (Å²) in [7, 11) is 0. The minimum atomic E-state index is 0.544. The summed E-state index contributed by atoms with van der Waals surface area (Å²) in [6.45, 7) is 0.991. The summed E-state index contributed by atoms with van der Waals surface area (Å²) in [6.07, 6.45) is 1.98. The Labute approximate surface area is 85.4 Å². The van der Waals surface area contributed by atoms with Crippen molar-refractivity contribution in [3.63, 3.8) is 0 Å². The third-order valence-corrected chi connectivity index (χ3v) is 2.48. The quantitative estimate of drug-likeness (QED) is 0.565. The maximum Gasteiger partial charge on any atom is 0.0676 e. The summed E-state index contributed by atoms with van der Waals surface area (Å²) in [5, 5.41) is 6.31. The maximum absolute atomic E-state index is 4.29. The Morgan fingerprint density at radius 1 is 1.33 bits per heavy atom. The summed E-state index contributed by atoms with van der Waals surface area (Å²) >= 11 is 2.38. The van der Waals surface area contributed by atoms with Crippen LogP contribution in [0.25, 0.3) is 0 Å². The molecule has 1 heterocycles. The Bertz CT molecular complexity index is 284. The van der Waals surface area contributed by atoms with Crippen molar-refractivity contribution in [3.8, 4) is 0 Å². The van der Waals surface area contributed by atoms with E-state index in [9.17, 15) is 0 Å². The van der Waals surface area contributed by atoms with Crippen molar-refractivity contribution in [1.82, 2.24) is 0 Å². The molecule has 0 saturated carbocycles. The molecule has 0 amide bonds. The molecule has 0 saturated heterocycles. The van der Waals surface area contributed by atoms with Gasteiger partial charge in [0.1, 0.15) is 0 Å². The lowest BCUT2D eigenvalue weighted by molar-refractivity contribution is 0.937. The molecule has 0 spiro atoms. The van der Waals surface area contributed by atoms with Crippen molar-refractivity contribution in [2.45, 2.75) is 3.92 Å². The summed E-state index contributed by atoms with van der Waals surface area (Å²) in [5.74, 6) is 0. The summed E-state index contributed by atoms with van der Waals surface area (Å²) < 4.78 is 0.544. The van der Waals surface area contributed by atoms with Gasteiger partial charge in [-0.3, -0.25) is 5.01 Å². The van der Waals surface area contributed by atoms with E-state index in [1.807, 2.05) is 29.4 Å². The van der Waals surface area contributed by atoms with Gasteiger partial charge >= 0.3 is 0 Å². The molecule has 2 rings (SSSR count). The summed E-state index contributed by atoms with van der Waals surface area (Å²) in [6, 6.07) is 10.2. The number of rotatable bonds is 1. The molecule has 1 aliphatic rings. The minimum absolute atomic E-state index is 0.544. The van der Waals surface area contributed by atoms with Crippen molar-refractivity contribution in [3.05, 3.63) is 30.3 Å². The first-order valence-electron chi connectivity index (χ1n) is 3.87. The maximum atomic E-state index is 4.29. The van der Waals surface area contributed by atoms with Crippen molar-refractivity contribution in [2.24, 2.45) is 5.10 Å². The average Bonchev–Trinajstić information content (AvgIpc) is 2.54. The van der Waals surface area contributed by atoms with Crippen molar-refractivity contribution in [2.75, 3.05) is 11.6 Å². The second-order valence-corrected chi connectivity index (χ2v) is 4.30. The fourth-order valence-corrected chi connectivity index (χ4v) is 1.70. The normalized spacial score (nSPS) is 21.8. The monoisotopic (exact) mass is 272 g/mol. The Morgan fingerprint density at radius 3 is 2.67 bits per heavy atom. The lowest BCUT2D eigenvalue weighted by atomic mass is 10.3. The molecule has 62 valence electrons. The molecular formula is C9H9IN2. The lowest BCUT2D eigenvalue weighted by Crippen LogP contribution is -2.16. The van der Waals surface area contributed by atoms with E-state index in [0.29, 0.717) is 3.92 Å². The number of nitrogens with zero attached hydrogens (tertiary/aromatic N) is 2. The second-order valence-electron chi connectivity index (χ2n) is 2.70. The molecule has 0 radical (unpaired) electrons. The van der Waals surface area contributed by atoms with Gasteiger partial charge in [0.05, 0.1) is 16.2 Å². The van der Waals surface area contributed by atoms with Gasteiger partial charge in [-0.15, -0.1) is 0 Å². The molecule has 1 aromatic carbocycles. The van der Waals surface area contributed by atoms with Gasteiger partial charge in [-0.1, -0.05) is 40.8 Å². The van der Waals surface area contributed by atoms with Crippen LogP contribution in [0.2, 0.25) is 0 Å². The molecule has 1 aliphatic heterocycles. The van der Waals surface area contributed by atoms with Crippen molar-refractivity contribution < 1.29 is 0 Å². The van der Waals surface area contributed by atoms with E-state index in [0.717, 1.165) is 6.54 Å². The fraction of sp³-hybridized carbons (Fsp3) is 0.222. The molecule has 0 N–H and O–H groups in total. The van der Waals surface area contributed by atoms with Crippen LogP contribution >= 0.6 is 22.6 Å². The SMILES string of the molecule is IC1C=NN(c2ccccc2)C1. The van der Waals surface area contributed by atoms with Crippen LogP contribution in [0.15, 0.2) is 35.4 Å². The number of para-hydroxylation sites is 1. The zero-order valence-corrected chi connectivity index (χ0v) is 8.68. The Balaban J connectivity index is 2.18. The highest BCUT2D eigenvalue weighted by Gasteiger charge is 2.14. The molecule has 3 heteroatoms. The molecular weight excluding hydrogens is 263 g/mol. The predicted octanol–water partition coefficient (Wildman–Crippen LogP) is 2.30. The molecule has 0 bridgehead atoms. The topological polar surface area (TPSA) is 15.6 Å². The number of hydrogen-bond acceptors (Lipinski definition) is 2. The van der Waals surface area contributed by atoms with Gasteiger partial charge in [-0.2, -0.15) is 5.10 Å². The van der Waals surface area contributed by atoms with Gasteiger partial charge < -0.3 is 0 Å². The van der Waals surface area contributed by atoms with Gasteiger partial charge in [0.15, 0.2) is 0 Å². The van der Waals surface area contributed by atoms with E-state index in [4.69, 9.17) is 0 Å². The van der Waals surface area contributed by atoms with Crippen molar-refractivity contribution >= 4 is 34.5 Å². The number of anilines is 1. The van der Waals surface area contributed by atoms with Crippen LogP contribution in [0.4, 0.5) is 5.69 Å². The standard InChI is InChI=1S/C9H9IN2/c10-8-6-11-12(7-8)9-4-2-1-3-5-9/h1-6,8H,7H2. The molecule has 1 atom stereocenters. The van der Waals surface area contributed by atoms with Gasteiger partial charge in [-0.05, 0) is 12.1 Å². The number of alkyl halides is 1. The lowest BCUT2D eigenvalue weighted by Gasteiger charge is -2.13. The highest BCUT2D eigenvalue weighted by molar-refractivity contribution is 14.1. The molecule has 1 aromatic rings. The van der Waals surface area contributed by atoms with Crippen molar-refractivity contribution in [1.29, 1.82) is 0 Å². The number of hydrazone groups is 1. The summed E-state index contributed by atoms with van der Waals surface area (Å²) in [4.78, 5) is 0. The second kappa shape index (κ2) is 3.43. The van der Waals surface area contributed by atoms with E-state index in [1.54, 1.807) is 0 Å². The van der Waals surface area contributed by atoms with Crippen LogP contribution in [-0.4, -0.2) is 16.7 Å². The van der Waals surface area contributed by atoms with Crippen LogP contribution in [-0.2, 0) is 0 Å². The molecule has 12 heavy (non-hydrogen) atoms. The van der Waals surface area contributed by atoms with Crippen LogP contribution in [0.3, 0.4) is 0 Å². The Morgan fingerprint density at radius 2 is 2.08 bits per heavy atom. The van der Waals surface area contributed by atoms with Crippen LogP contribution < -0.4 is 5.01 Å². The Hall–Kier alpha value is -0.580. The average molecular weight is 272 g/mol. The smallest absolute Gasteiger partial charge is 0.0676 e.